The molecule has 3 N–H and O–H groups in total. The van der Waals surface area contributed by atoms with E-state index in [1.54, 1.807) is 0 Å². The molecule has 1 aliphatic rings. The predicted molar refractivity (Wildman–Crippen MR) is 100 cm³/mol. The second-order valence-electron chi connectivity index (χ2n) is 6.43. The summed E-state index contributed by atoms with van der Waals surface area (Å²) in [4.78, 5) is 49.0. The number of hydrogen-bond acceptors (Lipinski definition) is 8. The first-order chi connectivity index (χ1) is 13.7. The molecule has 0 saturated carbocycles. The van der Waals surface area contributed by atoms with Crippen LogP contribution in [-0.2, 0) is 20.7 Å². The summed E-state index contributed by atoms with van der Waals surface area (Å²) in [6.45, 7) is 1.16. The zero-order chi connectivity index (χ0) is 21.5. The number of phenols is 2. The number of carbonyl (C=O) groups is 4. The maximum absolute atomic E-state index is 13.0. The highest BCUT2D eigenvalue weighted by Crippen LogP contribution is 2.41. The molecule has 0 spiro atoms. The minimum atomic E-state index is -0.827. The van der Waals surface area contributed by atoms with Gasteiger partial charge in [0.25, 0.3) is 0 Å². The largest absolute Gasteiger partial charge is 0.507 e. The van der Waals surface area contributed by atoms with E-state index in [1.165, 1.54) is 24.3 Å². The molecule has 1 aliphatic carbocycles. The third-order valence-corrected chi connectivity index (χ3v) is 4.53. The summed E-state index contributed by atoms with van der Waals surface area (Å²) in [5, 5.41) is 31.1. The Bertz CT molecular complexity index is 1120. The Morgan fingerprint density at radius 2 is 1.76 bits per heavy atom. The highest BCUT2D eigenvalue weighted by molar-refractivity contribution is 6.30. The number of fused-ring (bicyclic) bond motifs is 2. The summed E-state index contributed by atoms with van der Waals surface area (Å²) in [5.74, 6) is -4.64. The molecule has 0 heterocycles. The fraction of sp³-hybridized carbons (Fsp3) is 0.143. The first kappa shape index (κ1) is 19.8. The molecule has 0 saturated heterocycles. The smallest absolute Gasteiger partial charge is 0.310 e. The Morgan fingerprint density at radius 3 is 2.38 bits per heavy atom. The van der Waals surface area contributed by atoms with Crippen LogP contribution in [0.3, 0.4) is 0 Å². The summed E-state index contributed by atoms with van der Waals surface area (Å²) in [5.41, 5.74) is -1.30. The van der Waals surface area contributed by atoms with Crippen LogP contribution in [0.15, 0.2) is 30.3 Å². The molecule has 2 aromatic carbocycles. The molecule has 3 rings (SSSR count). The second-order valence-corrected chi connectivity index (χ2v) is 6.43. The molecule has 148 valence electrons. The number of aliphatic hydroxyl groups excluding tert-OH is 1. The number of ether oxygens (including phenoxy) is 1. The SMILES string of the molecule is COC(=O)Cc1cc2c(c(O)c1C(O)=CC(C)=O)C(=O)c1c(O)cccc1C2=O. The zero-order valence-corrected chi connectivity index (χ0v) is 15.5. The molecular formula is C21H16O8. The van der Waals surface area contributed by atoms with Crippen LogP contribution >= 0.6 is 0 Å². The van der Waals surface area contributed by atoms with Gasteiger partial charge >= 0.3 is 5.97 Å². The molecule has 0 radical (unpaired) electrons. The average Bonchev–Trinajstić information content (AvgIpc) is 2.64. The number of allylic oxidation sites excluding steroid dienone is 1. The summed E-state index contributed by atoms with van der Waals surface area (Å²) in [7, 11) is 1.14. The van der Waals surface area contributed by atoms with Crippen LogP contribution < -0.4 is 0 Å². The van der Waals surface area contributed by atoms with Crippen molar-refractivity contribution in [3.05, 3.63) is 63.7 Å². The lowest BCUT2D eigenvalue weighted by molar-refractivity contribution is -0.139. The normalized spacial score (nSPS) is 13.0. The maximum Gasteiger partial charge on any atom is 0.310 e. The molecule has 8 nitrogen and oxygen atoms in total. The Hall–Kier alpha value is -3.94. The first-order valence-corrected chi connectivity index (χ1v) is 8.46. The van der Waals surface area contributed by atoms with Crippen LogP contribution in [0.25, 0.3) is 5.76 Å². The van der Waals surface area contributed by atoms with Crippen LogP contribution in [0, 0.1) is 0 Å². The van der Waals surface area contributed by atoms with Gasteiger partial charge in [-0.05, 0) is 24.6 Å². The number of ketones is 3. The lowest BCUT2D eigenvalue weighted by Crippen LogP contribution is -2.23. The molecule has 0 bridgehead atoms. The van der Waals surface area contributed by atoms with Gasteiger partial charge in [0.2, 0.25) is 5.78 Å². The van der Waals surface area contributed by atoms with Gasteiger partial charge in [0.05, 0.1) is 30.2 Å². The van der Waals surface area contributed by atoms with Gasteiger partial charge in [0.15, 0.2) is 11.6 Å². The first-order valence-electron chi connectivity index (χ1n) is 8.46. The average molecular weight is 396 g/mol. The molecule has 0 fully saturated rings. The van der Waals surface area contributed by atoms with Crippen molar-refractivity contribution in [1.29, 1.82) is 0 Å². The number of rotatable bonds is 4. The van der Waals surface area contributed by atoms with Crippen LogP contribution in [0.2, 0.25) is 0 Å². The summed E-state index contributed by atoms with van der Waals surface area (Å²) in [6.07, 6.45) is 0.375. The highest BCUT2D eigenvalue weighted by atomic mass is 16.5. The Morgan fingerprint density at radius 1 is 1.07 bits per heavy atom. The summed E-state index contributed by atoms with van der Waals surface area (Å²) in [6, 6.07) is 5.18. The Labute approximate surface area is 164 Å². The van der Waals surface area contributed by atoms with Crippen molar-refractivity contribution in [2.75, 3.05) is 7.11 Å². The molecule has 0 unspecified atom stereocenters. The zero-order valence-electron chi connectivity index (χ0n) is 15.5. The predicted octanol–water partition coefficient (Wildman–Crippen LogP) is 2.08. The van der Waals surface area contributed by atoms with Gasteiger partial charge in [-0.3, -0.25) is 19.2 Å². The van der Waals surface area contributed by atoms with E-state index in [2.05, 4.69) is 4.74 Å². The van der Waals surface area contributed by atoms with Crippen molar-refractivity contribution < 1.29 is 39.2 Å². The number of aromatic hydroxyl groups is 2. The van der Waals surface area contributed by atoms with Crippen molar-refractivity contribution in [1.82, 2.24) is 0 Å². The van der Waals surface area contributed by atoms with E-state index in [0.29, 0.717) is 0 Å². The van der Waals surface area contributed by atoms with Crippen molar-refractivity contribution in [2.45, 2.75) is 13.3 Å². The van der Waals surface area contributed by atoms with E-state index >= 15 is 0 Å². The van der Waals surface area contributed by atoms with Crippen molar-refractivity contribution in [3.63, 3.8) is 0 Å². The fourth-order valence-electron chi connectivity index (χ4n) is 3.29. The molecule has 0 aromatic heterocycles. The lowest BCUT2D eigenvalue weighted by Gasteiger charge is -2.22. The van der Waals surface area contributed by atoms with Crippen molar-refractivity contribution in [2.24, 2.45) is 0 Å². The molecular weight excluding hydrogens is 380 g/mol. The highest BCUT2D eigenvalue weighted by Gasteiger charge is 2.36. The number of methoxy groups -OCH3 is 1. The van der Waals surface area contributed by atoms with Crippen LogP contribution in [0.1, 0.15) is 49.9 Å². The molecule has 0 atom stereocenters. The molecule has 8 heteroatoms. The third-order valence-electron chi connectivity index (χ3n) is 4.53. The number of hydrogen-bond donors (Lipinski definition) is 3. The van der Waals surface area contributed by atoms with Gasteiger partial charge in [-0.1, -0.05) is 12.1 Å². The Kier molecular flexibility index (Phi) is 4.94. The number of aliphatic hydroxyl groups is 1. The van der Waals surface area contributed by atoms with Crippen molar-refractivity contribution in [3.8, 4) is 11.5 Å². The quantitative estimate of drug-likeness (QED) is 0.346. The standard InChI is InChI=1S/C21H16O8/c1-9(22)6-14(24)16-10(8-15(25)29-2)7-12-18(20(16)27)21(28)17-11(19(12)26)4-3-5-13(17)23/h3-7,23-24,27H,8H2,1-2H3. The molecule has 29 heavy (non-hydrogen) atoms. The number of phenolic OH excluding ortho intramolecular Hbond substituents is 2. The number of benzene rings is 2. The van der Waals surface area contributed by atoms with E-state index in [9.17, 15) is 34.5 Å². The molecule has 2 aromatic rings. The molecule has 0 amide bonds. The summed E-state index contributed by atoms with van der Waals surface area (Å²) < 4.78 is 4.60. The van der Waals surface area contributed by atoms with Crippen molar-refractivity contribution >= 4 is 29.1 Å². The van der Waals surface area contributed by atoms with Crippen LogP contribution in [0.5, 0.6) is 11.5 Å². The minimum Gasteiger partial charge on any atom is -0.507 e. The van der Waals surface area contributed by atoms with Gasteiger partial charge in [-0.15, -0.1) is 0 Å². The van der Waals surface area contributed by atoms with E-state index in [0.717, 1.165) is 20.1 Å². The van der Waals surface area contributed by atoms with E-state index in [-0.39, 0.29) is 27.8 Å². The lowest BCUT2D eigenvalue weighted by atomic mass is 9.80. The van der Waals surface area contributed by atoms with E-state index in [4.69, 9.17) is 0 Å². The van der Waals surface area contributed by atoms with Gasteiger partial charge in [-0.2, -0.15) is 0 Å². The number of carbonyl (C=O) groups excluding carboxylic acids is 4. The third kappa shape index (κ3) is 3.25. The minimum absolute atomic E-state index is 0.00662. The van der Waals surface area contributed by atoms with Gasteiger partial charge in [-0.25, -0.2) is 0 Å². The Balaban J connectivity index is 2.35. The second kappa shape index (κ2) is 7.23. The monoisotopic (exact) mass is 396 g/mol. The van der Waals surface area contributed by atoms with Gasteiger partial charge < -0.3 is 20.1 Å². The topological polar surface area (TPSA) is 138 Å². The van der Waals surface area contributed by atoms with E-state index in [1.807, 2.05) is 0 Å². The van der Waals surface area contributed by atoms with Crippen LogP contribution in [-0.4, -0.2) is 45.7 Å². The van der Waals surface area contributed by atoms with Gasteiger partial charge in [0.1, 0.15) is 17.3 Å². The van der Waals surface area contributed by atoms with Crippen LogP contribution in [0.4, 0.5) is 0 Å². The summed E-state index contributed by atoms with van der Waals surface area (Å²) >= 11 is 0. The maximum atomic E-state index is 13.0. The number of esters is 1. The molecule has 0 aliphatic heterocycles. The van der Waals surface area contributed by atoms with E-state index < -0.39 is 52.6 Å². The van der Waals surface area contributed by atoms with Gasteiger partial charge in [0, 0.05) is 17.2 Å². The fourth-order valence-corrected chi connectivity index (χ4v) is 3.29.